The van der Waals surface area contributed by atoms with Crippen molar-refractivity contribution in [3.8, 4) is 5.75 Å². The van der Waals surface area contributed by atoms with E-state index in [-0.39, 0.29) is 27.5 Å². The Morgan fingerprint density at radius 2 is 1.69 bits per heavy atom. The molecule has 0 heterocycles. The number of rotatable bonds is 9. The predicted octanol–water partition coefficient (Wildman–Crippen LogP) is 3.43. The molecule has 158 valence electrons. The van der Waals surface area contributed by atoms with E-state index in [0.717, 1.165) is 5.56 Å². The molecule has 0 aromatic heterocycles. The van der Waals surface area contributed by atoms with Crippen LogP contribution in [0.15, 0.2) is 53.4 Å². The summed E-state index contributed by atoms with van der Waals surface area (Å²) < 4.78 is 32.5. The third kappa shape index (κ3) is 5.16. The monoisotopic (exact) mass is 418 g/mol. The smallest absolute Gasteiger partial charge is 0.251 e. The summed E-state index contributed by atoms with van der Waals surface area (Å²) in [5.74, 6) is -0.106. The van der Waals surface area contributed by atoms with E-state index in [2.05, 4.69) is 5.32 Å². The van der Waals surface area contributed by atoms with Crippen LogP contribution in [-0.4, -0.2) is 45.4 Å². The molecule has 2 aromatic rings. The molecule has 2 aromatic carbocycles. The van der Waals surface area contributed by atoms with Gasteiger partial charge in [0.25, 0.3) is 5.91 Å². The summed E-state index contributed by atoms with van der Waals surface area (Å²) in [5.41, 5.74) is 1.12. The molecule has 0 spiro atoms. The van der Waals surface area contributed by atoms with Crippen molar-refractivity contribution in [1.82, 2.24) is 9.62 Å². The van der Waals surface area contributed by atoms with Crippen LogP contribution in [0.4, 0.5) is 0 Å². The van der Waals surface area contributed by atoms with Gasteiger partial charge in [-0.15, -0.1) is 0 Å². The first-order valence-electron chi connectivity index (χ1n) is 9.69. The highest BCUT2D eigenvalue weighted by atomic mass is 32.2. The predicted molar refractivity (Wildman–Crippen MR) is 115 cm³/mol. The Kier molecular flexibility index (Phi) is 7.43. The van der Waals surface area contributed by atoms with Crippen LogP contribution in [0, 0.1) is 0 Å². The summed E-state index contributed by atoms with van der Waals surface area (Å²) in [5, 5.41) is 2.92. The lowest BCUT2D eigenvalue weighted by Gasteiger charge is -2.26. The highest BCUT2D eigenvalue weighted by Crippen LogP contribution is 2.28. The van der Waals surface area contributed by atoms with E-state index >= 15 is 0 Å². The molecular formula is C22H30N2O4S. The quantitative estimate of drug-likeness (QED) is 0.677. The minimum Gasteiger partial charge on any atom is -0.495 e. The molecule has 0 saturated carbocycles. The van der Waals surface area contributed by atoms with Crippen molar-refractivity contribution >= 4 is 15.9 Å². The van der Waals surface area contributed by atoms with Crippen molar-refractivity contribution in [2.45, 2.75) is 38.0 Å². The molecule has 0 unspecified atom stereocenters. The van der Waals surface area contributed by atoms with E-state index in [9.17, 15) is 13.2 Å². The molecule has 0 atom stereocenters. The maximum absolute atomic E-state index is 13.0. The van der Waals surface area contributed by atoms with Gasteiger partial charge in [-0.25, -0.2) is 8.42 Å². The molecule has 1 N–H and O–H groups in total. The lowest BCUT2D eigenvalue weighted by Crippen LogP contribution is -2.37. The molecule has 0 aliphatic rings. The zero-order valence-electron chi connectivity index (χ0n) is 17.7. The summed E-state index contributed by atoms with van der Waals surface area (Å²) in [6.45, 7) is 8.73. The Morgan fingerprint density at radius 3 is 2.24 bits per heavy atom. The molecule has 0 aliphatic carbocycles. The van der Waals surface area contributed by atoms with Gasteiger partial charge in [0, 0.05) is 30.6 Å². The van der Waals surface area contributed by atoms with Crippen molar-refractivity contribution in [2.75, 3.05) is 26.7 Å². The van der Waals surface area contributed by atoms with E-state index in [4.69, 9.17) is 4.74 Å². The maximum Gasteiger partial charge on any atom is 0.251 e. The minimum atomic E-state index is -3.76. The Morgan fingerprint density at radius 1 is 1.07 bits per heavy atom. The number of ether oxygens (including phenoxy) is 1. The van der Waals surface area contributed by atoms with Crippen molar-refractivity contribution < 1.29 is 17.9 Å². The van der Waals surface area contributed by atoms with Crippen LogP contribution in [0.3, 0.4) is 0 Å². The second-order valence-electron chi connectivity index (χ2n) is 7.39. The van der Waals surface area contributed by atoms with Crippen LogP contribution in [-0.2, 0) is 15.4 Å². The van der Waals surface area contributed by atoms with Crippen LogP contribution in [0.25, 0.3) is 0 Å². The largest absolute Gasteiger partial charge is 0.495 e. The van der Waals surface area contributed by atoms with Crippen LogP contribution in [0.1, 0.15) is 43.6 Å². The molecular weight excluding hydrogens is 388 g/mol. The Balaban J connectivity index is 2.28. The van der Waals surface area contributed by atoms with E-state index in [0.29, 0.717) is 19.6 Å². The first-order valence-corrected chi connectivity index (χ1v) is 11.1. The zero-order chi connectivity index (χ0) is 21.7. The van der Waals surface area contributed by atoms with E-state index in [1.54, 1.807) is 19.9 Å². The van der Waals surface area contributed by atoms with E-state index in [1.807, 2.05) is 44.2 Å². The Labute approximate surface area is 173 Å². The Hall–Kier alpha value is -2.38. The van der Waals surface area contributed by atoms with Gasteiger partial charge in [-0.05, 0) is 23.8 Å². The second-order valence-corrected chi connectivity index (χ2v) is 9.29. The van der Waals surface area contributed by atoms with Crippen molar-refractivity contribution in [2.24, 2.45) is 0 Å². The van der Waals surface area contributed by atoms with Gasteiger partial charge in [0.2, 0.25) is 10.0 Å². The van der Waals surface area contributed by atoms with Gasteiger partial charge < -0.3 is 10.1 Å². The first kappa shape index (κ1) is 22.9. The molecule has 29 heavy (non-hydrogen) atoms. The number of hydrogen-bond acceptors (Lipinski definition) is 4. The fourth-order valence-corrected chi connectivity index (χ4v) is 4.76. The second kappa shape index (κ2) is 9.41. The van der Waals surface area contributed by atoms with Gasteiger partial charge in [-0.3, -0.25) is 4.79 Å². The number of hydrogen-bond donors (Lipinski definition) is 1. The van der Waals surface area contributed by atoms with Crippen LogP contribution < -0.4 is 10.1 Å². The van der Waals surface area contributed by atoms with Gasteiger partial charge in [0.15, 0.2) is 0 Å². The summed E-state index contributed by atoms with van der Waals surface area (Å²) in [4.78, 5) is 12.7. The summed E-state index contributed by atoms with van der Waals surface area (Å²) in [7, 11) is -2.34. The summed E-state index contributed by atoms with van der Waals surface area (Å²) in [6, 6.07) is 14.4. The number of methoxy groups -OCH3 is 1. The molecule has 0 saturated heterocycles. The molecule has 0 radical (unpaired) electrons. The average Bonchev–Trinajstić information content (AvgIpc) is 2.73. The first-order chi connectivity index (χ1) is 13.7. The van der Waals surface area contributed by atoms with Crippen LogP contribution in [0.2, 0.25) is 0 Å². The van der Waals surface area contributed by atoms with Crippen molar-refractivity contribution in [1.29, 1.82) is 0 Å². The van der Waals surface area contributed by atoms with E-state index < -0.39 is 10.0 Å². The number of carbonyl (C=O) groups is 1. The topological polar surface area (TPSA) is 75.7 Å². The van der Waals surface area contributed by atoms with Crippen LogP contribution in [0.5, 0.6) is 5.75 Å². The third-order valence-corrected chi connectivity index (χ3v) is 7.07. The highest BCUT2D eigenvalue weighted by Gasteiger charge is 2.27. The molecule has 2 rings (SSSR count). The zero-order valence-corrected chi connectivity index (χ0v) is 18.5. The van der Waals surface area contributed by atoms with Gasteiger partial charge in [-0.2, -0.15) is 4.31 Å². The normalized spacial score (nSPS) is 12.1. The SMILES string of the molecule is CCN(CC)S(=O)(=O)c1cc(C(=O)NCC(C)(C)c2ccccc2)ccc1OC. The third-order valence-electron chi connectivity index (χ3n) is 5.00. The Bertz CT molecular complexity index is 937. The molecule has 0 fully saturated rings. The molecule has 7 heteroatoms. The number of carbonyl (C=O) groups excluding carboxylic acids is 1. The number of nitrogens with one attached hydrogen (secondary N) is 1. The van der Waals surface area contributed by atoms with Gasteiger partial charge in [0.1, 0.15) is 10.6 Å². The number of amides is 1. The van der Waals surface area contributed by atoms with Crippen molar-refractivity contribution in [3.05, 3.63) is 59.7 Å². The minimum absolute atomic E-state index is 0.00123. The van der Waals surface area contributed by atoms with Gasteiger partial charge in [0.05, 0.1) is 7.11 Å². The fraction of sp³-hybridized carbons (Fsp3) is 0.409. The lowest BCUT2D eigenvalue weighted by atomic mass is 9.84. The lowest BCUT2D eigenvalue weighted by molar-refractivity contribution is 0.0945. The average molecular weight is 419 g/mol. The molecule has 0 bridgehead atoms. The maximum atomic E-state index is 13.0. The molecule has 6 nitrogen and oxygen atoms in total. The molecule has 0 aliphatic heterocycles. The number of benzene rings is 2. The van der Waals surface area contributed by atoms with Gasteiger partial charge >= 0.3 is 0 Å². The fourth-order valence-electron chi connectivity index (χ4n) is 3.12. The number of nitrogens with zero attached hydrogens (tertiary/aromatic N) is 1. The molecule has 1 amide bonds. The van der Waals surface area contributed by atoms with Gasteiger partial charge in [-0.1, -0.05) is 58.0 Å². The van der Waals surface area contributed by atoms with Crippen molar-refractivity contribution in [3.63, 3.8) is 0 Å². The summed E-state index contributed by atoms with van der Waals surface area (Å²) in [6.07, 6.45) is 0. The van der Waals surface area contributed by atoms with Crippen LogP contribution >= 0.6 is 0 Å². The summed E-state index contributed by atoms with van der Waals surface area (Å²) >= 11 is 0. The number of sulfonamides is 1. The van der Waals surface area contributed by atoms with E-state index in [1.165, 1.54) is 23.5 Å². The standard InChI is InChI=1S/C22H30N2O4S/c1-6-24(7-2)29(26,27)20-15-17(13-14-19(20)28-5)21(25)23-16-22(3,4)18-11-9-8-10-12-18/h8-15H,6-7,16H2,1-5H3,(H,23,25). The highest BCUT2D eigenvalue weighted by molar-refractivity contribution is 7.89.